The number of benzene rings is 1. The lowest BCUT2D eigenvalue weighted by Gasteiger charge is -2.27. The zero-order valence-corrected chi connectivity index (χ0v) is 13.0. The van der Waals surface area contributed by atoms with Gasteiger partial charge in [-0.05, 0) is 37.3 Å². The standard InChI is InChI=1S/C17H26N2O2/c1-13(2)18-15(17(20)21)10-12-19-11-6-5-8-14-7-3-4-9-16(14)19/h3-4,7,9,13,15,18H,5-6,8,10-12H2,1-2H3,(H,20,21). The van der Waals surface area contributed by atoms with Crippen LogP contribution >= 0.6 is 0 Å². The Morgan fingerprint density at radius 3 is 2.81 bits per heavy atom. The molecule has 1 aliphatic rings. The maximum Gasteiger partial charge on any atom is 0.320 e. The van der Waals surface area contributed by atoms with E-state index in [1.54, 1.807) is 0 Å². The number of nitrogens with one attached hydrogen (secondary N) is 1. The first-order valence-electron chi connectivity index (χ1n) is 7.89. The second kappa shape index (κ2) is 7.46. The number of rotatable bonds is 6. The van der Waals surface area contributed by atoms with Gasteiger partial charge in [-0.1, -0.05) is 32.0 Å². The highest BCUT2D eigenvalue weighted by molar-refractivity contribution is 5.73. The molecule has 1 atom stereocenters. The number of aryl methyl sites for hydroxylation is 1. The quantitative estimate of drug-likeness (QED) is 0.846. The molecular weight excluding hydrogens is 264 g/mol. The highest BCUT2D eigenvalue weighted by Crippen LogP contribution is 2.26. The van der Waals surface area contributed by atoms with Crippen molar-refractivity contribution in [2.24, 2.45) is 0 Å². The second-order valence-corrected chi connectivity index (χ2v) is 6.07. The van der Waals surface area contributed by atoms with E-state index in [-0.39, 0.29) is 6.04 Å². The maximum absolute atomic E-state index is 11.3. The van der Waals surface area contributed by atoms with Gasteiger partial charge in [0, 0.05) is 24.8 Å². The van der Waals surface area contributed by atoms with Gasteiger partial charge in [0.15, 0.2) is 0 Å². The molecule has 116 valence electrons. The fraction of sp³-hybridized carbons (Fsp3) is 0.588. The minimum Gasteiger partial charge on any atom is -0.480 e. The van der Waals surface area contributed by atoms with Gasteiger partial charge in [-0.2, -0.15) is 0 Å². The molecule has 1 aromatic rings. The average Bonchev–Trinajstić information content (AvgIpc) is 2.65. The van der Waals surface area contributed by atoms with Crippen molar-refractivity contribution in [2.45, 2.75) is 51.6 Å². The molecule has 0 aromatic heterocycles. The first kappa shape index (κ1) is 15.8. The molecule has 0 spiro atoms. The number of fused-ring (bicyclic) bond motifs is 1. The number of nitrogens with zero attached hydrogens (tertiary/aromatic N) is 1. The van der Waals surface area contributed by atoms with Crippen molar-refractivity contribution in [2.75, 3.05) is 18.0 Å². The lowest BCUT2D eigenvalue weighted by atomic mass is 10.1. The molecule has 4 nitrogen and oxygen atoms in total. The van der Waals surface area contributed by atoms with Gasteiger partial charge < -0.3 is 15.3 Å². The third kappa shape index (κ3) is 4.46. The van der Waals surface area contributed by atoms with E-state index in [2.05, 4.69) is 34.5 Å². The van der Waals surface area contributed by atoms with E-state index in [1.807, 2.05) is 13.8 Å². The Morgan fingerprint density at radius 2 is 2.10 bits per heavy atom. The van der Waals surface area contributed by atoms with Gasteiger partial charge in [0.2, 0.25) is 0 Å². The molecular formula is C17H26N2O2. The van der Waals surface area contributed by atoms with Crippen molar-refractivity contribution >= 4 is 11.7 Å². The molecule has 0 aliphatic carbocycles. The van der Waals surface area contributed by atoms with Gasteiger partial charge >= 0.3 is 5.97 Å². The van der Waals surface area contributed by atoms with E-state index in [4.69, 9.17) is 0 Å². The normalized spacial score (nSPS) is 16.4. The van der Waals surface area contributed by atoms with E-state index < -0.39 is 12.0 Å². The number of aliphatic carboxylic acids is 1. The van der Waals surface area contributed by atoms with E-state index in [0.29, 0.717) is 6.42 Å². The number of para-hydroxylation sites is 1. The third-order valence-electron chi connectivity index (χ3n) is 3.98. The zero-order chi connectivity index (χ0) is 15.2. The molecule has 1 unspecified atom stereocenters. The van der Waals surface area contributed by atoms with Crippen molar-refractivity contribution in [1.29, 1.82) is 0 Å². The summed E-state index contributed by atoms with van der Waals surface area (Å²) in [7, 11) is 0. The first-order valence-corrected chi connectivity index (χ1v) is 7.89. The van der Waals surface area contributed by atoms with Crippen molar-refractivity contribution in [3.05, 3.63) is 29.8 Å². The molecule has 1 aliphatic heterocycles. The molecule has 2 N–H and O–H groups in total. The summed E-state index contributed by atoms with van der Waals surface area (Å²) in [6, 6.07) is 8.21. The number of carboxylic acid groups (broad SMARTS) is 1. The minimum absolute atomic E-state index is 0.183. The van der Waals surface area contributed by atoms with Crippen LogP contribution in [0.2, 0.25) is 0 Å². The largest absolute Gasteiger partial charge is 0.480 e. The molecule has 21 heavy (non-hydrogen) atoms. The van der Waals surface area contributed by atoms with Crippen LogP contribution in [0.5, 0.6) is 0 Å². The summed E-state index contributed by atoms with van der Waals surface area (Å²) in [5, 5.41) is 12.5. The Labute approximate surface area is 127 Å². The van der Waals surface area contributed by atoms with E-state index in [9.17, 15) is 9.90 Å². The summed E-state index contributed by atoms with van der Waals surface area (Å²) in [4.78, 5) is 13.7. The Bertz CT molecular complexity index is 474. The number of hydrogen-bond acceptors (Lipinski definition) is 3. The molecule has 1 aromatic carbocycles. The lowest BCUT2D eigenvalue weighted by Crippen LogP contribution is -2.43. The summed E-state index contributed by atoms with van der Waals surface area (Å²) < 4.78 is 0. The number of anilines is 1. The predicted octanol–water partition coefficient (Wildman–Crippen LogP) is 2.67. The van der Waals surface area contributed by atoms with Crippen LogP contribution in [-0.2, 0) is 11.2 Å². The molecule has 0 bridgehead atoms. The topological polar surface area (TPSA) is 52.6 Å². The molecule has 0 saturated heterocycles. The third-order valence-corrected chi connectivity index (χ3v) is 3.98. The van der Waals surface area contributed by atoms with Crippen LogP contribution in [0.3, 0.4) is 0 Å². The Morgan fingerprint density at radius 1 is 1.33 bits per heavy atom. The van der Waals surface area contributed by atoms with Crippen molar-refractivity contribution in [1.82, 2.24) is 5.32 Å². The monoisotopic (exact) mass is 290 g/mol. The fourth-order valence-electron chi connectivity index (χ4n) is 2.97. The highest BCUT2D eigenvalue weighted by atomic mass is 16.4. The first-order chi connectivity index (χ1) is 10.1. The van der Waals surface area contributed by atoms with Crippen LogP contribution in [0.25, 0.3) is 0 Å². The number of carboxylic acids is 1. The molecule has 1 heterocycles. The van der Waals surface area contributed by atoms with Crippen LogP contribution in [0, 0.1) is 0 Å². The summed E-state index contributed by atoms with van der Waals surface area (Å²) in [6.07, 6.45) is 4.13. The van der Waals surface area contributed by atoms with E-state index in [0.717, 1.165) is 19.5 Å². The minimum atomic E-state index is -0.758. The average molecular weight is 290 g/mol. The summed E-state index contributed by atoms with van der Waals surface area (Å²) in [5.74, 6) is -0.758. The van der Waals surface area contributed by atoms with Crippen molar-refractivity contribution in [3.63, 3.8) is 0 Å². The molecule has 0 amide bonds. The summed E-state index contributed by atoms with van der Waals surface area (Å²) in [5.41, 5.74) is 2.67. The van der Waals surface area contributed by atoms with Gasteiger partial charge in [0.25, 0.3) is 0 Å². The van der Waals surface area contributed by atoms with Crippen LogP contribution in [-0.4, -0.2) is 36.2 Å². The maximum atomic E-state index is 11.3. The van der Waals surface area contributed by atoms with Gasteiger partial charge in [-0.15, -0.1) is 0 Å². The molecule has 4 heteroatoms. The Kier molecular flexibility index (Phi) is 5.62. The van der Waals surface area contributed by atoms with Gasteiger partial charge in [-0.25, -0.2) is 0 Å². The van der Waals surface area contributed by atoms with Gasteiger partial charge in [-0.3, -0.25) is 4.79 Å². The predicted molar refractivity (Wildman–Crippen MR) is 85.9 cm³/mol. The zero-order valence-electron chi connectivity index (χ0n) is 13.0. The molecule has 0 saturated carbocycles. The SMILES string of the molecule is CC(C)NC(CCN1CCCCc2ccccc21)C(=O)O. The molecule has 0 fully saturated rings. The Balaban J connectivity index is 2.03. The summed E-state index contributed by atoms with van der Waals surface area (Å²) in [6.45, 7) is 5.77. The van der Waals surface area contributed by atoms with E-state index >= 15 is 0 Å². The van der Waals surface area contributed by atoms with Gasteiger partial charge in [0.05, 0.1) is 0 Å². The van der Waals surface area contributed by atoms with Crippen molar-refractivity contribution in [3.8, 4) is 0 Å². The van der Waals surface area contributed by atoms with Crippen LogP contribution in [0.15, 0.2) is 24.3 Å². The van der Waals surface area contributed by atoms with Gasteiger partial charge in [0.1, 0.15) is 6.04 Å². The summed E-state index contributed by atoms with van der Waals surface area (Å²) >= 11 is 0. The van der Waals surface area contributed by atoms with Crippen LogP contribution in [0.4, 0.5) is 5.69 Å². The highest BCUT2D eigenvalue weighted by Gasteiger charge is 2.21. The van der Waals surface area contributed by atoms with Crippen molar-refractivity contribution < 1.29 is 9.90 Å². The smallest absolute Gasteiger partial charge is 0.320 e. The second-order valence-electron chi connectivity index (χ2n) is 6.07. The lowest BCUT2D eigenvalue weighted by molar-refractivity contribution is -0.139. The van der Waals surface area contributed by atoms with Crippen LogP contribution < -0.4 is 10.2 Å². The fourth-order valence-corrected chi connectivity index (χ4v) is 2.97. The number of carbonyl (C=O) groups is 1. The molecule has 0 radical (unpaired) electrons. The Hall–Kier alpha value is -1.55. The van der Waals surface area contributed by atoms with Crippen LogP contribution in [0.1, 0.15) is 38.7 Å². The number of hydrogen-bond donors (Lipinski definition) is 2. The van der Waals surface area contributed by atoms with E-state index in [1.165, 1.54) is 24.1 Å². The molecule has 2 rings (SSSR count).